The van der Waals surface area contributed by atoms with Gasteiger partial charge < -0.3 is 5.11 Å². The van der Waals surface area contributed by atoms with E-state index in [1.807, 2.05) is 25.1 Å². The third-order valence-corrected chi connectivity index (χ3v) is 2.47. The van der Waals surface area contributed by atoms with Gasteiger partial charge in [-0.05, 0) is 30.7 Å². The van der Waals surface area contributed by atoms with E-state index < -0.39 is 0 Å². The quantitative estimate of drug-likeness (QED) is 0.847. The van der Waals surface area contributed by atoms with Crippen molar-refractivity contribution in [1.82, 2.24) is 9.78 Å². The van der Waals surface area contributed by atoms with Crippen LogP contribution in [0.1, 0.15) is 11.3 Å². The molecule has 2 aromatic rings. The molecule has 0 fully saturated rings. The summed E-state index contributed by atoms with van der Waals surface area (Å²) in [4.78, 5) is 0. The zero-order valence-electron chi connectivity index (χ0n) is 8.31. The molecule has 3 nitrogen and oxygen atoms in total. The Morgan fingerprint density at radius 3 is 2.87 bits per heavy atom. The molecule has 4 heteroatoms. The lowest BCUT2D eigenvalue weighted by Gasteiger charge is -2.05. The largest absolute Gasteiger partial charge is 0.390 e. The fraction of sp³-hybridized carbons (Fsp3) is 0.182. The van der Waals surface area contributed by atoms with Gasteiger partial charge in [0.1, 0.15) is 0 Å². The minimum Gasteiger partial charge on any atom is -0.390 e. The number of aliphatic hydroxyl groups is 1. The number of hydrogen-bond donors (Lipinski definition) is 1. The van der Waals surface area contributed by atoms with Gasteiger partial charge in [0.25, 0.3) is 0 Å². The van der Waals surface area contributed by atoms with E-state index in [1.54, 1.807) is 16.9 Å². The Bertz CT molecular complexity index is 479. The van der Waals surface area contributed by atoms with E-state index >= 15 is 0 Å². The van der Waals surface area contributed by atoms with Gasteiger partial charge in [-0.2, -0.15) is 5.10 Å². The first-order chi connectivity index (χ1) is 7.20. The molecule has 1 heterocycles. The number of aromatic nitrogens is 2. The molecule has 0 unspecified atom stereocenters. The fourth-order valence-corrected chi connectivity index (χ4v) is 1.58. The summed E-state index contributed by atoms with van der Waals surface area (Å²) in [6.07, 6.45) is 1.78. The lowest BCUT2D eigenvalue weighted by atomic mass is 10.2. The molecule has 15 heavy (non-hydrogen) atoms. The van der Waals surface area contributed by atoms with Crippen molar-refractivity contribution in [2.75, 3.05) is 0 Å². The average Bonchev–Trinajstić information content (AvgIpc) is 2.70. The number of rotatable bonds is 2. The Kier molecular flexibility index (Phi) is 2.75. The molecule has 1 aromatic carbocycles. The van der Waals surface area contributed by atoms with Crippen LogP contribution in [0.15, 0.2) is 30.5 Å². The number of nitrogens with zero attached hydrogens (tertiary/aromatic N) is 2. The average molecular weight is 223 g/mol. The van der Waals surface area contributed by atoms with Gasteiger partial charge in [-0.1, -0.05) is 17.7 Å². The van der Waals surface area contributed by atoms with Gasteiger partial charge >= 0.3 is 0 Å². The SMILES string of the molecule is Cc1ccc(Cl)c(-n2ccc(CO)n2)c1. The molecule has 0 amide bonds. The van der Waals surface area contributed by atoms with Crippen molar-refractivity contribution in [2.45, 2.75) is 13.5 Å². The summed E-state index contributed by atoms with van der Waals surface area (Å²) >= 11 is 6.06. The van der Waals surface area contributed by atoms with Crippen molar-refractivity contribution in [3.63, 3.8) is 0 Å². The molecule has 2 rings (SSSR count). The first kappa shape index (κ1) is 10.2. The predicted octanol–water partition coefficient (Wildman–Crippen LogP) is 2.33. The van der Waals surface area contributed by atoms with Crippen LogP contribution in [0.3, 0.4) is 0 Å². The van der Waals surface area contributed by atoms with Crippen LogP contribution in [-0.4, -0.2) is 14.9 Å². The topological polar surface area (TPSA) is 38.0 Å². The molecule has 0 bridgehead atoms. The van der Waals surface area contributed by atoms with Gasteiger partial charge in [0, 0.05) is 6.20 Å². The van der Waals surface area contributed by atoms with Gasteiger partial charge in [0.2, 0.25) is 0 Å². The number of aliphatic hydroxyl groups excluding tert-OH is 1. The first-order valence-corrected chi connectivity index (χ1v) is 5.00. The number of benzene rings is 1. The number of hydrogen-bond acceptors (Lipinski definition) is 2. The summed E-state index contributed by atoms with van der Waals surface area (Å²) in [5.41, 5.74) is 2.58. The van der Waals surface area contributed by atoms with Crippen LogP contribution in [0, 0.1) is 6.92 Å². The summed E-state index contributed by atoms with van der Waals surface area (Å²) in [6.45, 7) is 1.94. The van der Waals surface area contributed by atoms with Crippen molar-refractivity contribution in [1.29, 1.82) is 0 Å². The molecule has 0 aliphatic carbocycles. The van der Waals surface area contributed by atoms with Crippen LogP contribution in [-0.2, 0) is 6.61 Å². The van der Waals surface area contributed by atoms with Gasteiger partial charge in [-0.25, -0.2) is 4.68 Å². The highest BCUT2D eigenvalue weighted by Gasteiger charge is 2.04. The van der Waals surface area contributed by atoms with Crippen LogP contribution in [0.2, 0.25) is 5.02 Å². The maximum atomic E-state index is 8.91. The monoisotopic (exact) mass is 222 g/mol. The maximum Gasteiger partial charge on any atom is 0.0883 e. The summed E-state index contributed by atoms with van der Waals surface area (Å²) in [7, 11) is 0. The Morgan fingerprint density at radius 2 is 2.20 bits per heavy atom. The predicted molar refractivity (Wildman–Crippen MR) is 59.2 cm³/mol. The van der Waals surface area contributed by atoms with E-state index in [4.69, 9.17) is 16.7 Å². The second kappa shape index (κ2) is 4.04. The summed E-state index contributed by atoms with van der Waals surface area (Å²) < 4.78 is 1.67. The highest BCUT2D eigenvalue weighted by molar-refractivity contribution is 6.32. The fourth-order valence-electron chi connectivity index (χ4n) is 1.38. The molecule has 0 spiro atoms. The molecular formula is C11H11ClN2O. The second-order valence-corrected chi connectivity index (χ2v) is 3.77. The molecular weight excluding hydrogens is 212 g/mol. The lowest BCUT2D eigenvalue weighted by Crippen LogP contribution is -1.97. The number of aryl methyl sites for hydroxylation is 1. The molecule has 0 saturated carbocycles. The Hall–Kier alpha value is -1.32. The standard InChI is InChI=1S/C11H11ClN2O/c1-8-2-3-10(12)11(6-8)14-5-4-9(7-15)13-14/h2-6,15H,7H2,1H3. The van der Waals surface area contributed by atoms with Crippen molar-refractivity contribution < 1.29 is 5.11 Å². The van der Waals surface area contributed by atoms with Crippen molar-refractivity contribution >= 4 is 11.6 Å². The van der Waals surface area contributed by atoms with E-state index in [-0.39, 0.29) is 6.61 Å². The van der Waals surface area contributed by atoms with E-state index in [0.717, 1.165) is 11.3 Å². The normalized spacial score (nSPS) is 10.6. The smallest absolute Gasteiger partial charge is 0.0883 e. The van der Waals surface area contributed by atoms with Crippen LogP contribution in [0.4, 0.5) is 0 Å². The highest BCUT2D eigenvalue weighted by Crippen LogP contribution is 2.21. The van der Waals surface area contributed by atoms with Crippen LogP contribution in [0.5, 0.6) is 0 Å². The van der Waals surface area contributed by atoms with Crippen molar-refractivity contribution in [3.05, 3.63) is 46.7 Å². The molecule has 0 saturated heterocycles. The minimum absolute atomic E-state index is 0.0591. The van der Waals surface area contributed by atoms with Crippen LogP contribution >= 0.6 is 11.6 Å². The summed E-state index contributed by atoms with van der Waals surface area (Å²) in [6, 6.07) is 7.50. The van der Waals surface area contributed by atoms with Crippen LogP contribution < -0.4 is 0 Å². The zero-order valence-corrected chi connectivity index (χ0v) is 9.07. The van der Waals surface area contributed by atoms with E-state index in [2.05, 4.69) is 5.10 Å². The Labute approximate surface area is 92.9 Å². The molecule has 1 aromatic heterocycles. The van der Waals surface area contributed by atoms with E-state index in [1.165, 1.54) is 0 Å². The maximum absolute atomic E-state index is 8.91. The van der Waals surface area contributed by atoms with Crippen molar-refractivity contribution in [2.24, 2.45) is 0 Å². The molecule has 0 aliphatic heterocycles. The molecule has 0 atom stereocenters. The van der Waals surface area contributed by atoms with Gasteiger partial charge in [-0.3, -0.25) is 0 Å². The third-order valence-electron chi connectivity index (χ3n) is 2.15. The van der Waals surface area contributed by atoms with Gasteiger partial charge in [0.15, 0.2) is 0 Å². The minimum atomic E-state index is -0.0591. The Morgan fingerprint density at radius 1 is 1.40 bits per heavy atom. The highest BCUT2D eigenvalue weighted by atomic mass is 35.5. The third kappa shape index (κ3) is 2.03. The second-order valence-electron chi connectivity index (χ2n) is 3.36. The summed E-state index contributed by atoms with van der Waals surface area (Å²) in [5, 5.41) is 13.7. The van der Waals surface area contributed by atoms with Gasteiger partial charge in [-0.15, -0.1) is 0 Å². The lowest BCUT2D eigenvalue weighted by molar-refractivity contribution is 0.276. The van der Waals surface area contributed by atoms with E-state index in [0.29, 0.717) is 10.7 Å². The summed E-state index contributed by atoms with van der Waals surface area (Å²) in [5.74, 6) is 0. The molecule has 78 valence electrons. The van der Waals surface area contributed by atoms with Crippen molar-refractivity contribution in [3.8, 4) is 5.69 Å². The first-order valence-electron chi connectivity index (χ1n) is 4.62. The Balaban J connectivity index is 2.48. The zero-order chi connectivity index (χ0) is 10.8. The molecule has 0 radical (unpaired) electrons. The van der Waals surface area contributed by atoms with E-state index in [9.17, 15) is 0 Å². The molecule has 1 N–H and O–H groups in total. The molecule has 0 aliphatic rings. The van der Waals surface area contributed by atoms with Crippen LogP contribution in [0.25, 0.3) is 5.69 Å². The van der Waals surface area contributed by atoms with Gasteiger partial charge in [0.05, 0.1) is 23.0 Å². The number of halogens is 1.